The minimum absolute atomic E-state index is 0. The van der Waals surface area contributed by atoms with Gasteiger partial charge in [-0.1, -0.05) is 31.2 Å². The summed E-state index contributed by atoms with van der Waals surface area (Å²) < 4.78 is 7.45. The van der Waals surface area contributed by atoms with Gasteiger partial charge < -0.3 is 6.16 Å². The summed E-state index contributed by atoms with van der Waals surface area (Å²) in [6.45, 7) is 2.68. The standard InChI is InChI=1S/C22H19N3O4S.Na.H/c1-2-19-23-17-6-4-3-5-16(17)21(27)25(19)11-12-29-15-9-7-14(8-10-15)13-18-20(26)24-22(28)30-18;;/h3-10,13H,2,11-12H2,1H3,(H,24,26,28);;/q;+1;-1/b18-13+;;. The van der Waals surface area contributed by atoms with Gasteiger partial charge in [0.2, 0.25) is 0 Å². The molecular formula is C22H20N3NaO4S. The van der Waals surface area contributed by atoms with Gasteiger partial charge in [-0.25, -0.2) is 4.98 Å². The number of aromatic nitrogens is 2. The fourth-order valence-corrected chi connectivity index (χ4v) is 3.88. The van der Waals surface area contributed by atoms with Gasteiger partial charge in [-0.3, -0.25) is 24.3 Å². The van der Waals surface area contributed by atoms with Crippen molar-refractivity contribution in [2.45, 2.75) is 19.9 Å². The number of benzene rings is 2. The fourth-order valence-electron chi connectivity index (χ4n) is 3.20. The average molecular weight is 445 g/mol. The van der Waals surface area contributed by atoms with Crippen LogP contribution in [-0.4, -0.2) is 27.3 Å². The van der Waals surface area contributed by atoms with Gasteiger partial charge in [0.1, 0.15) is 18.2 Å². The summed E-state index contributed by atoms with van der Waals surface area (Å²) in [6.07, 6.45) is 2.31. The molecule has 0 radical (unpaired) electrons. The van der Waals surface area contributed by atoms with Gasteiger partial charge in [-0.2, -0.15) is 0 Å². The summed E-state index contributed by atoms with van der Waals surface area (Å²) in [6, 6.07) is 14.5. The number of amides is 2. The third-order valence-corrected chi connectivity index (χ3v) is 5.47. The minimum Gasteiger partial charge on any atom is -1.00 e. The largest absolute Gasteiger partial charge is 1.00 e. The van der Waals surface area contributed by atoms with Gasteiger partial charge in [0.05, 0.1) is 22.4 Å². The van der Waals surface area contributed by atoms with Crippen molar-refractivity contribution in [3.63, 3.8) is 0 Å². The maximum absolute atomic E-state index is 12.8. The number of aryl methyl sites for hydroxylation is 1. The topological polar surface area (TPSA) is 90.3 Å². The first-order valence-electron chi connectivity index (χ1n) is 9.51. The van der Waals surface area contributed by atoms with E-state index in [1.165, 1.54) is 0 Å². The molecule has 0 bridgehead atoms. The van der Waals surface area contributed by atoms with E-state index in [0.717, 1.165) is 23.1 Å². The number of nitrogens with zero attached hydrogens (tertiary/aromatic N) is 2. The number of para-hydroxylation sites is 1. The summed E-state index contributed by atoms with van der Waals surface area (Å²) >= 11 is 0.882. The number of nitrogens with one attached hydrogen (secondary N) is 1. The van der Waals surface area contributed by atoms with E-state index >= 15 is 0 Å². The van der Waals surface area contributed by atoms with E-state index in [1.807, 2.05) is 25.1 Å². The minimum atomic E-state index is -0.383. The molecule has 1 aliphatic heterocycles. The normalized spacial score (nSPS) is 14.5. The first-order chi connectivity index (χ1) is 14.5. The maximum Gasteiger partial charge on any atom is 1.00 e. The number of rotatable bonds is 6. The molecule has 2 heterocycles. The predicted octanol–water partition coefficient (Wildman–Crippen LogP) is 0.478. The van der Waals surface area contributed by atoms with Crippen LogP contribution in [0.3, 0.4) is 0 Å². The molecule has 1 saturated heterocycles. The van der Waals surface area contributed by atoms with Gasteiger partial charge >= 0.3 is 29.6 Å². The summed E-state index contributed by atoms with van der Waals surface area (Å²) in [4.78, 5) is 40.6. The molecule has 9 heteroatoms. The van der Waals surface area contributed by atoms with Crippen LogP contribution in [0.25, 0.3) is 17.0 Å². The molecular weight excluding hydrogens is 425 g/mol. The SMILES string of the molecule is CCc1nc2ccccc2c(=O)n1CCOc1ccc(/C=C2/SC(=O)NC2=O)cc1.[H-].[Na+]. The molecule has 0 atom stereocenters. The molecule has 1 aromatic heterocycles. The van der Waals surface area contributed by atoms with Crippen LogP contribution in [0.15, 0.2) is 58.2 Å². The Morgan fingerprint density at radius 3 is 2.55 bits per heavy atom. The van der Waals surface area contributed by atoms with Crippen molar-refractivity contribution >= 4 is 39.9 Å². The molecule has 154 valence electrons. The fraction of sp³-hybridized carbons (Fsp3) is 0.182. The smallest absolute Gasteiger partial charge is 1.00 e. The first-order valence-corrected chi connectivity index (χ1v) is 10.3. The molecule has 31 heavy (non-hydrogen) atoms. The zero-order valence-corrected chi connectivity index (χ0v) is 20.1. The van der Waals surface area contributed by atoms with E-state index in [2.05, 4.69) is 10.3 Å². The van der Waals surface area contributed by atoms with Crippen LogP contribution in [-0.2, 0) is 17.8 Å². The van der Waals surface area contributed by atoms with E-state index < -0.39 is 0 Å². The van der Waals surface area contributed by atoms with Crippen molar-refractivity contribution in [2.24, 2.45) is 0 Å². The second-order valence-corrected chi connectivity index (χ2v) is 7.64. The molecule has 7 nitrogen and oxygen atoms in total. The Morgan fingerprint density at radius 1 is 1.13 bits per heavy atom. The molecule has 2 aromatic carbocycles. The van der Waals surface area contributed by atoms with E-state index in [-0.39, 0.29) is 47.7 Å². The van der Waals surface area contributed by atoms with Crippen molar-refractivity contribution in [1.82, 2.24) is 14.9 Å². The number of hydrogen-bond donors (Lipinski definition) is 1. The molecule has 0 saturated carbocycles. The molecule has 4 rings (SSSR count). The third kappa shape index (κ3) is 5.27. The molecule has 1 aliphatic rings. The molecule has 1 fully saturated rings. The third-order valence-electron chi connectivity index (χ3n) is 4.66. The van der Waals surface area contributed by atoms with Crippen molar-refractivity contribution in [3.05, 3.63) is 75.2 Å². The van der Waals surface area contributed by atoms with Crippen LogP contribution in [0.2, 0.25) is 0 Å². The average Bonchev–Trinajstić information content (AvgIpc) is 3.07. The number of hydrogen-bond acceptors (Lipinski definition) is 6. The molecule has 2 amide bonds. The molecule has 1 N–H and O–H groups in total. The van der Waals surface area contributed by atoms with Crippen LogP contribution in [0.4, 0.5) is 4.79 Å². The van der Waals surface area contributed by atoms with Crippen LogP contribution in [0.1, 0.15) is 19.7 Å². The van der Waals surface area contributed by atoms with Gasteiger partial charge in [0.15, 0.2) is 0 Å². The van der Waals surface area contributed by atoms with Crippen molar-refractivity contribution in [2.75, 3.05) is 6.61 Å². The van der Waals surface area contributed by atoms with E-state index in [0.29, 0.717) is 41.1 Å². The van der Waals surface area contributed by atoms with Crippen LogP contribution >= 0.6 is 11.8 Å². The van der Waals surface area contributed by atoms with Crippen LogP contribution in [0.5, 0.6) is 5.75 Å². The Hall–Kier alpha value is -2.39. The molecule has 0 unspecified atom stereocenters. The van der Waals surface area contributed by atoms with Gasteiger partial charge in [-0.15, -0.1) is 0 Å². The molecule has 3 aromatic rings. The first kappa shape index (κ1) is 23.3. The van der Waals surface area contributed by atoms with Crippen molar-refractivity contribution in [1.29, 1.82) is 0 Å². The summed E-state index contributed by atoms with van der Waals surface area (Å²) in [5.41, 5.74) is 1.43. The number of fused-ring (bicyclic) bond motifs is 1. The second-order valence-electron chi connectivity index (χ2n) is 6.63. The molecule has 0 aliphatic carbocycles. The number of thioether (sulfide) groups is 1. The second kappa shape index (κ2) is 10.3. The Morgan fingerprint density at radius 2 is 1.87 bits per heavy atom. The Bertz CT molecular complexity index is 1230. The summed E-state index contributed by atoms with van der Waals surface area (Å²) in [7, 11) is 0. The Balaban J connectivity index is 0.00000181. The van der Waals surface area contributed by atoms with E-state index in [1.54, 1.807) is 41.0 Å². The predicted molar refractivity (Wildman–Crippen MR) is 118 cm³/mol. The quantitative estimate of drug-likeness (QED) is 0.439. The Labute approximate surface area is 206 Å². The number of ether oxygens (including phenoxy) is 1. The maximum atomic E-state index is 12.8. The van der Waals surface area contributed by atoms with Crippen molar-refractivity contribution < 1.29 is 45.3 Å². The summed E-state index contributed by atoms with van der Waals surface area (Å²) in [5.74, 6) is 0.995. The summed E-state index contributed by atoms with van der Waals surface area (Å²) in [5, 5.41) is 2.46. The van der Waals surface area contributed by atoms with E-state index in [4.69, 9.17) is 4.74 Å². The number of carbonyl (C=O) groups excluding carboxylic acids is 2. The van der Waals surface area contributed by atoms with E-state index in [9.17, 15) is 14.4 Å². The van der Waals surface area contributed by atoms with Gasteiger partial charge in [0, 0.05) is 6.42 Å². The zero-order valence-electron chi connectivity index (χ0n) is 18.3. The van der Waals surface area contributed by atoms with Gasteiger partial charge in [0.25, 0.3) is 16.7 Å². The zero-order chi connectivity index (χ0) is 21.1. The van der Waals surface area contributed by atoms with Crippen LogP contribution in [0, 0.1) is 0 Å². The number of carbonyl (C=O) groups is 2. The molecule has 0 spiro atoms. The van der Waals surface area contributed by atoms with Crippen LogP contribution < -0.4 is 45.2 Å². The monoisotopic (exact) mass is 445 g/mol. The number of imide groups is 1. The van der Waals surface area contributed by atoms with Crippen molar-refractivity contribution in [3.8, 4) is 5.75 Å². The Kier molecular flexibility index (Phi) is 7.72. The van der Waals surface area contributed by atoms with Gasteiger partial charge in [-0.05, 0) is 47.7 Å².